The van der Waals surface area contributed by atoms with E-state index in [1.54, 1.807) is 19.1 Å². The third-order valence-corrected chi connectivity index (χ3v) is 3.97. The van der Waals surface area contributed by atoms with Gasteiger partial charge in [0.15, 0.2) is 0 Å². The van der Waals surface area contributed by atoms with Gasteiger partial charge in [-0.25, -0.2) is 9.78 Å². The monoisotopic (exact) mass is 342 g/mol. The number of hydrogen-bond donors (Lipinski definition) is 3. The Labute approximate surface area is 148 Å². The first-order valence-electron chi connectivity index (χ1n) is 8.36. The Balaban J connectivity index is 2.15. The maximum absolute atomic E-state index is 11.5. The number of carbonyl (C=O) groups is 1. The minimum absolute atomic E-state index is 0.0800. The average molecular weight is 342 g/mol. The number of aryl methyl sites for hydroxylation is 3. The van der Waals surface area contributed by atoms with Crippen molar-refractivity contribution in [3.8, 4) is 0 Å². The molecule has 0 bridgehead atoms. The van der Waals surface area contributed by atoms with E-state index in [0.29, 0.717) is 18.1 Å². The van der Waals surface area contributed by atoms with Gasteiger partial charge in [0.25, 0.3) is 0 Å². The van der Waals surface area contributed by atoms with Gasteiger partial charge in [0.2, 0.25) is 0 Å². The predicted molar refractivity (Wildman–Crippen MR) is 102 cm³/mol. The zero-order valence-electron chi connectivity index (χ0n) is 15.4. The van der Waals surface area contributed by atoms with Crippen LogP contribution in [0.4, 0.5) is 22.1 Å². The number of nitrogens with one attached hydrogen (secondary N) is 2. The van der Waals surface area contributed by atoms with Gasteiger partial charge in [-0.15, -0.1) is 0 Å². The molecule has 0 fully saturated rings. The molecule has 1 heterocycles. The van der Waals surface area contributed by atoms with Crippen LogP contribution >= 0.6 is 0 Å². The topological polar surface area (TPSA) is 89.3 Å². The van der Waals surface area contributed by atoms with Crippen LogP contribution in [-0.4, -0.2) is 17.7 Å². The normalized spacial score (nSPS) is 11.7. The molecule has 0 saturated carbocycles. The van der Waals surface area contributed by atoms with Gasteiger partial charge >= 0.3 is 6.09 Å². The third kappa shape index (κ3) is 4.62. The first kappa shape index (κ1) is 18.6. The molecule has 1 atom stereocenters. The van der Waals surface area contributed by atoms with Crippen molar-refractivity contribution in [1.29, 1.82) is 0 Å². The molecule has 4 N–H and O–H groups in total. The lowest BCUT2D eigenvalue weighted by atomic mass is 9.95. The summed E-state index contributed by atoms with van der Waals surface area (Å²) in [5, 5.41) is 5.94. The van der Waals surface area contributed by atoms with E-state index >= 15 is 0 Å². The summed E-state index contributed by atoms with van der Waals surface area (Å²) >= 11 is 0. The zero-order chi connectivity index (χ0) is 18.6. The molecule has 0 saturated heterocycles. The Morgan fingerprint density at radius 1 is 1.24 bits per heavy atom. The number of ether oxygens (including phenoxy) is 1. The summed E-state index contributed by atoms with van der Waals surface area (Å²) in [5.74, 6) is 0.890. The molecule has 0 aliphatic rings. The van der Waals surface area contributed by atoms with E-state index in [4.69, 9.17) is 10.5 Å². The molecule has 0 aliphatic carbocycles. The van der Waals surface area contributed by atoms with Gasteiger partial charge in [-0.3, -0.25) is 5.32 Å². The molecular formula is C19H26N4O2. The number of pyridine rings is 1. The molecule has 0 aliphatic heterocycles. The summed E-state index contributed by atoms with van der Waals surface area (Å²) < 4.78 is 4.84. The van der Waals surface area contributed by atoms with Gasteiger partial charge in [0.05, 0.1) is 18.3 Å². The maximum Gasteiger partial charge on any atom is 0.411 e. The molecule has 1 aromatic heterocycles. The van der Waals surface area contributed by atoms with E-state index in [1.165, 1.54) is 22.3 Å². The highest BCUT2D eigenvalue weighted by Gasteiger charge is 2.14. The fraction of sp³-hybridized carbons (Fsp3) is 0.368. The number of rotatable bonds is 5. The number of benzene rings is 1. The van der Waals surface area contributed by atoms with Crippen LogP contribution in [0.3, 0.4) is 0 Å². The van der Waals surface area contributed by atoms with Gasteiger partial charge in [-0.1, -0.05) is 17.7 Å². The van der Waals surface area contributed by atoms with Crippen molar-refractivity contribution >= 4 is 23.4 Å². The lowest BCUT2D eigenvalue weighted by Crippen LogP contribution is -2.16. The summed E-state index contributed by atoms with van der Waals surface area (Å²) in [6, 6.07) is 7.93. The van der Waals surface area contributed by atoms with Crippen LogP contribution in [-0.2, 0) is 4.74 Å². The minimum Gasteiger partial charge on any atom is -0.450 e. The van der Waals surface area contributed by atoms with E-state index in [2.05, 4.69) is 55.4 Å². The van der Waals surface area contributed by atoms with E-state index in [-0.39, 0.29) is 11.9 Å². The number of nitrogens with two attached hydrogens (primary N) is 1. The highest BCUT2D eigenvalue weighted by Crippen LogP contribution is 2.27. The lowest BCUT2D eigenvalue weighted by Gasteiger charge is -2.21. The number of nitrogens with zero attached hydrogens (tertiary/aromatic N) is 1. The van der Waals surface area contributed by atoms with Crippen LogP contribution < -0.4 is 16.4 Å². The quantitative estimate of drug-likeness (QED) is 0.752. The maximum atomic E-state index is 11.5. The molecule has 25 heavy (non-hydrogen) atoms. The van der Waals surface area contributed by atoms with Crippen LogP contribution in [0.1, 0.15) is 42.1 Å². The molecule has 0 radical (unpaired) electrons. The Bertz CT molecular complexity index is 751. The van der Waals surface area contributed by atoms with Crippen molar-refractivity contribution in [3.63, 3.8) is 0 Å². The van der Waals surface area contributed by atoms with Gasteiger partial charge in [-0.2, -0.15) is 0 Å². The smallest absolute Gasteiger partial charge is 0.411 e. The summed E-state index contributed by atoms with van der Waals surface area (Å²) in [7, 11) is 0. The van der Waals surface area contributed by atoms with Gasteiger partial charge in [-0.05, 0) is 63.4 Å². The van der Waals surface area contributed by atoms with Crippen LogP contribution in [0.5, 0.6) is 0 Å². The Hall–Kier alpha value is -2.76. The fourth-order valence-corrected chi connectivity index (χ4v) is 3.11. The second-order valence-corrected chi connectivity index (χ2v) is 6.15. The summed E-state index contributed by atoms with van der Waals surface area (Å²) in [6.07, 6.45) is -0.545. The second-order valence-electron chi connectivity index (χ2n) is 6.15. The Kier molecular flexibility index (Phi) is 5.85. The molecule has 0 spiro atoms. The third-order valence-electron chi connectivity index (χ3n) is 3.97. The standard InChI is InChI=1S/C19H26N4O2/c1-6-25-19(24)22-15-7-8-16(23-18(15)20)21-14(5)17-12(3)9-11(2)10-13(17)4/h7-10,14H,6H2,1-5H3,(H,22,24)(H3,20,21,23). The van der Waals surface area contributed by atoms with Crippen molar-refractivity contribution in [1.82, 2.24) is 4.98 Å². The molecule has 2 aromatic rings. The molecule has 1 amide bonds. The number of nitrogen functional groups attached to an aromatic ring is 1. The Morgan fingerprint density at radius 2 is 1.88 bits per heavy atom. The largest absolute Gasteiger partial charge is 0.450 e. The van der Waals surface area contributed by atoms with Crippen molar-refractivity contribution < 1.29 is 9.53 Å². The van der Waals surface area contributed by atoms with Gasteiger partial charge in [0, 0.05) is 0 Å². The molecule has 1 aromatic carbocycles. The summed E-state index contributed by atoms with van der Waals surface area (Å²) in [4.78, 5) is 15.8. The van der Waals surface area contributed by atoms with Crippen molar-refractivity contribution in [2.45, 2.75) is 40.7 Å². The van der Waals surface area contributed by atoms with E-state index in [9.17, 15) is 4.79 Å². The van der Waals surface area contributed by atoms with Gasteiger partial charge < -0.3 is 15.8 Å². The molecule has 6 nitrogen and oxygen atoms in total. The first-order valence-corrected chi connectivity index (χ1v) is 8.36. The number of aromatic nitrogens is 1. The predicted octanol–water partition coefficient (Wildman–Crippen LogP) is 4.33. The van der Waals surface area contributed by atoms with Crippen LogP contribution in [0.25, 0.3) is 0 Å². The highest BCUT2D eigenvalue weighted by atomic mass is 16.5. The van der Waals surface area contributed by atoms with Crippen LogP contribution in [0.15, 0.2) is 24.3 Å². The van der Waals surface area contributed by atoms with Crippen LogP contribution in [0, 0.1) is 20.8 Å². The SMILES string of the molecule is CCOC(=O)Nc1ccc(NC(C)c2c(C)cc(C)cc2C)nc1N. The van der Waals surface area contributed by atoms with E-state index in [1.807, 2.05) is 0 Å². The first-order chi connectivity index (χ1) is 11.8. The lowest BCUT2D eigenvalue weighted by molar-refractivity contribution is 0.168. The number of anilines is 3. The molecule has 134 valence electrons. The zero-order valence-corrected chi connectivity index (χ0v) is 15.4. The van der Waals surface area contributed by atoms with Crippen molar-refractivity contribution in [2.75, 3.05) is 23.0 Å². The average Bonchev–Trinajstić information content (AvgIpc) is 2.49. The minimum atomic E-state index is -0.545. The number of amides is 1. The Morgan fingerprint density at radius 3 is 2.44 bits per heavy atom. The van der Waals surface area contributed by atoms with Gasteiger partial charge in [0.1, 0.15) is 11.6 Å². The fourth-order valence-electron chi connectivity index (χ4n) is 3.11. The highest BCUT2D eigenvalue weighted by molar-refractivity contribution is 5.88. The molecule has 2 rings (SSSR count). The molecule has 6 heteroatoms. The van der Waals surface area contributed by atoms with Crippen LogP contribution in [0.2, 0.25) is 0 Å². The molecular weight excluding hydrogens is 316 g/mol. The number of carbonyl (C=O) groups excluding carboxylic acids is 1. The second kappa shape index (κ2) is 7.88. The van der Waals surface area contributed by atoms with E-state index in [0.717, 1.165) is 0 Å². The number of hydrogen-bond acceptors (Lipinski definition) is 5. The summed E-state index contributed by atoms with van der Waals surface area (Å²) in [6.45, 7) is 10.5. The van der Waals surface area contributed by atoms with Crippen molar-refractivity contribution in [3.05, 3.63) is 46.5 Å². The molecule has 1 unspecified atom stereocenters. The summed E-state index contributed by atoms with van der Waals surface area (Å²) in [5.41, 5.74) is 11.4. The van der Waals surface area contributed by atoms with Crippen molar-refractivity contribution in [2.24, 2.45) is 0 Å². The van der Waals surface area contributed by atoms with E-state index < -0.39 is 6.09 Å².